The van der Waals surface area contributed by atoms with Crippen LogP contribution in [0.3, 0.4) is 0 Å². The van der Waals surface area contributed by atoms with E-state index in [9.17, 15) is 29.1 Å². The lowest BCUT2D eigenvalue weighted by atomic mass is 10.0. The Labute approximate surface area is 313 Å². The lowest BCUT2D eigenvalue weighted by Crippen LogP contribution is -2.59. The van der Waals surface area contributed by atoms with Crippen LogP contribution in [0.1, 0.15) is 36.0 Å². The topological polar surface area (TPSA) is 248 Å². The number of aromatic amines is 1. The largest absolute Gasteiger partial charge is 0.508 e. The van der Waals surface area contributed by atoms with Gasteiger partial charge in [-0.2, -0.15) is 12.6 Å². The normalized spacial score (nSPS) is 13.9. The van der Waals surface area contributed by atoms with E-state index in [1.807, 2.05) is 54.6 Å². The zero-order valence-electron chi connectivity index (χ0n) is 29.3. The van der Waals surface area contributed by atoms with Gasteiger partial charge in [-0.05, 0) is 67.1 Å². The van der Waals surface area contributed by atoms with Crippen molar-refractivity contribution in [2.45, 2.75) is 68.7 Å². The summed E-state index contributed by atoms with van der Waals surface area (Å²) in [6.45, 7) is 0.352. The molecule has 4 rings (SSSR count). The van der Waals surface area contributed by atoms with E-state index in [1.165, 1.54) is 12.1 Å². The molecule has 282 valence electrons. The number of rotatable bonds is 20. The number of hydrogen-bond donors (Lipinski definition) is 10. The molecule has 1 aromatic heterocycles. The van der Waals surface area contributed by atoms with Crippen LogP contribution in [0.4, 0.5) is 0 Å². The van der Waals surface area contributed by atoms with Gasteiger partial charge >= 0.3 is 0 Å². The van der Waals surface area contributed by atoms with Gasteiger partial charge in [-0.25, -0.2) is 0 Å². The van der Waals surface area contributed by atoms with Crippen LogP contribution < -0.4 is 38.5 Å². The first-order valence-corrected chi connectivity index (χ1v) is 18.1. The zero-order valence-corrected chi connectivity index (χ0v) is 30.2. The lowest BCUT2D eigenvalue weighted by molar-refractivity contribution is -0.134. The van der Waals surface area contributed by atoms with E-state index in [1.54, 1.807) is 18.3 Å². The molecule has 0 aliphatic carbocycles. The van der Waals surface area contributed by atoms with E-state index in [2.05, 4.69) is 38.9 Å². The number of fused-ring (bicyclic) bond motifs is 1. The average Bonchev–Trinajstić information content (AvgIpc) is 3.56. The minimum atomic E-state index is -1.21. The Morgan fingerprint density at radius 2 is 1.25 bits per heavy atom. The summed E-state index contributed by atoms with van der Waals surface area (Å²) in [6, 6.07) is 17.3. The van der Waals surface area contributed by atoms with Crippen molar-refractivity contribution in [2.75, 3.05) is 12.3 Å². The summed E-state index contributed by atoms with van der Waals surface area (Å²) >= 11 is 4.10. The number of phenolic OH excluding ortho intramolecular Hbond substituents is 1. The minimum absolute atomic E-state index is 0.0145. The van der Waals surface area contributed by atoms with Crippen LogP contribution in [0.15, 0.2) is 85.1 Å². The molecule has 0 saturated heterocycles. The number of nitrogens with two attached hydrogens (primary N) is 3. The molecule has 0 aliphatic rings. The van der Waals surface area contributed by atoms with E-state index in [0.717, 1.165) is 22.0 Å². The summed E-state index contributed by atoms with van der Waals surface area (Å²) < 4.78 is 0. The van der Waals surface area contributed by atoms with Crippen molar-refractivity contribution in [1.29, 1.82) is 0 Å². The number of hydrogen-bond acceptors (Lipinski definition) is 9. The molecule has 1 heterocycles. The third kappa shape index (κ3) is 12.1. The van der Waals surface area contributed by atoms with E-state index >= 15 is 0 Å². The van der Waals surface area contributed by atoms with Crippen molar-refractivity contribution in [3.63, 3.8) is 0 Å². The Balaban J connectivity index is 1.58. The zero-order chi connectivity index (χ0) is 38.3. The number of aromatic hydroxyl groups is 1. The predicted molar refractivity (Wildman–Crippen MR) is 206 cm³/mol. The fourth-order valence-electron chi connectivity index (χ4n) is 5.83. The first-order valence-electron chi connectivity index (χ1n) is 17.4. The number of H-pyrrole nitrogens is 1. The van der Waals surface area contributed by atoms with Crippen LogP contribution in [0.2, 0.25) is 0 Å². The van der Waals surface area contributed by atoms with Crippen LogP contribution >= 0.6 is 12.6 Å². The molecule has 5 amide bonds. The Morgan fingerprint density at radius 3 is 1.91 bits per heavy atom. The Bertz CT molecular complexity index is 1840. The van der Waals surface area contributed by atoms with Gasteiger partial charge in [-0.3, -0.25) is 24.0 Å². The molecule has 0 aliphatic heterocycles. The summed E-state index contributed by atoms with van der Waals surface area (Å²) in [7, 11) is 0. The minimum Gasteiger partial charge on any atom is -0.508 e. The maximum absolute atomic E-state index is 14.1. The number of amides is 5. The van der Waals surface area contributed by atoms with Crippen LogP contribution in [0.5, 0.6) is 5.75 Å². The van der Waals surface area contributed by atoms with Crippen LogP contribution in [-0.4, -0.2) is 82.1 Å². The first-order chi connectivity index (χ1) is 25.5. The molecule has 53 heavy (non-hydrogen) atoms. The van der Waals surface area contributed by atoms with Crippen molar-refractivity contribution < 1.29 is 29.1 Å². The number of para-hydroxylation sites is 1. The van der Waals surface area contributed by atoms with Gasteiger partial charge in [0.2, 0.25) is 29.5 Å². The second-order valence-electron chi connectivity index (χ2n) is 12.8. The van der Waals surface area contributed by atoms with Crippen molar-refractivity contribution in [2.24, 2.45) is 17.2 Å². The van der Waals surface area contributed by atoms with Crippen molar-refractivity contribution in [3.05, 3.63) is 102 Å². The molecular weight excluding hydrogens is 697 g/mol. The number of thiol groups is 1. The highest BCUT2D eigenvalue weighted by Crippen LogP contribution is 2.20. The molecule has 3 aromatic carbocycles. The molecule has 0 fully saturated rings. The van der Waals surface area contributed by atoms with Crippen LogP contribution in [-0.2, 0) is 43.2 Å². The summed E-state index contributed by atoms with van der Waals surface area (Å²) in [6.07, 6.45) is 3.27. The highest BCUT2D eigenvalue weighted by molar-refractivity contribution is 7.80. The monoisotopic (exact) mass is 744 g/mol. The maximum Gasteiger partial charge on any atom is 0.243 e. The summed E-state index contributed by atoms with van der Waals surface area (Å²) in [5.74, 6) is -3.41. The third-order valence-electron chi connectivity index (χ3n) is 8.80. The molecule has 14 nitrogen and oxygen atoms in total. The fraction of sp³-hybridized carbons (Fsp3) is 0.342. The van der Waals surface area contributed by atoms with E-state index < -0.39 is 59.7 Å². The Kier molecular flexibility index (Phi) is 15.3. The van der Waals surface area contributed by atoms with Gasteiger partial charge in [0, 0.05) is 35.7 Å². The fourth-order valence-corrected chi connectivity index (χ4v) is 6.10. The van der Waals surface area contributed by atoms with Crippen molar-refractivity contribution in [3.8, 4) is 5.75 Å². The second kappa shape index (κ2) is 20.0. The number of aromatic nitrogens is 1. The number of nitrogens with one attached hydrogen (secondary N) is 5. The van der Waals surface area contributed by atoms with Gasteiger partial charge in [0.25, 0.3) is 0 Å². The van der Waals surface area contributed by atoms with Gasteiger partial charge in [-0.15, -0.1) is 0 Å². The number of unbranched alkanes of at least 4 members (excludes halogenated alkanes) is 1. The number of carbonyl (C=O) groups excluding carboxylic acids is 5. The molecular formula is C38H48N8O6S. The number of phenols is 1. The number of carbonyl (C=O) groups is 5. The predicted octanol–water partition coefficient (Wildman–Crippen LogP) is 0.712. The molecule has 0 saturated carbocycles. The average molecular weight is 745 g/mol. The molecule has 12 N–H and O–H groups in total. The maximum atomic E-state index is 14.1. The second-order valence-corrected chi connectivity index (χ2v) is 13.2. The molecule has 0 bridgehead atoms. The Hall–Kier alpha value is -5.38. The molecule has 4 aromatic rings. The Morgan fingerprint density at radius 1 is 0.679 bits per heavy atom. The SMILES string of the molecule is NCCCC[C@H](NC(=O)[C@H](Cc1c[nH]c2ccccc12)NC(=O)[C@@H](N)Cc1ccccc1)C(=O)N[C@@H](Cc1ccc(O)cc1)C(=O)N[C@@H](CS)C(N)=O. The summed E-state index contributed by atoms with van der Waals surface area (Å²) in [5, 5.41) is 21.5. The summed E-state index contributed by atoms with van der Waals surface area (Å²) in [4.78, 5) is 70.1. The van der Waals surface area contributed by atoms with Crippen LogP contribution in [0, 0.1) is 0 Å². The molecule has 0 radical (unpaired) electrons. The highest BCUT2D eigenvalue weighted by atomic mass is 32.1. The van der Waals surface area contributed by atoms with Gasteiger partial charge in [-0.1, -0.05) is 60.7 Å². The molecule has 15 heteroatoms. The number of benzene rings is 3. The number of primary amides is 1. The standard InChI is InChI=1S/C38H48N8O6S/c39-17-7-6-12-30(36(50)45-31(19-24-13-15-26(47)16-14-24)37(51)46-33(22-53)34(41)48)43-38(52)32(20-25-21-42-29-11-5-4-10-27(25)29)44-35(49)28(40)18-23-8-2-1-3-9-23/h1-5,8-11,13-16,21,28,30-33,42,47,53H,6-7,12,17-20,22,39-40H2,(H2,41,48)(H,43,52)(H,44,49)(H,45,50)(H,46,51)/t28-,30-,31-,32-,33-/m0/s1. The molecule has 0 unspecified atom stereocenters. The van der Waals surface area contributed by atoms with Crippen molar-refractivity contribution >= 4 is 53.1 Å². The van der Waals surface area contributed by atoms with Gasteiger partial charge in [0.15, 0.2) is 0 Å². The first kappa shape index (κ1) is 40.4. The van der Waals surface area contributed by atoms with Gasteiger partial charge in [0.05, 0.1) is 6.04 Å². The van der Waals surface area contributed by atoms with E-state index in [4.69, 9.17) is 17.2 Å². The lowest BCUT2D eigenvalue weighted by Gasteiger charge is -2.26. The highest BCUT2D eigenvalue weighted by Gasteiger charge is 2.32. The third-order valence-corrected chi connectivity index (χ3v) is 9.16. The van der Waals surface area contributed by atoms with Gasteiger partial charge in [0.1, 0.15) is 29.9 Å². The van der Waals surface area contributed by atoms with Crippen molar-refractivity contribution in [1.82, 2.24) is 26.3 Å². The van der Waals surface area contributed by atoms with E-state index in [0.29, 0.717) is 24.9 Å². The molecule has 0 spiro atoms. The quantitative estimate of drug-likeness (QED) is 0.0455. The van der Waals surface area contributed by atoms with Gasteiger partial charge < -0.3 is 48.6 Å². The smallest absolute Gasteiger partial charge is 0.243 e. The van der Waals surface area contributed by atoms with E-state index in [-0.39, 0.29) is 37.2 Å². The molecule has 5 atom stereocenters. The summed E-state index contributed by atoms with van der Waals surface area (Å²) in [5.41, 5.74) is 20.5. The van der Waals surface area contributed by atoms with Crippen LogP contribution in [0.25, 0.3) is 10.9 Å².